The minimum atomic E-state index is -0.232. The Kier molecular flexibility index (Phi) is 6.21. The number of amides is 1. The number of carbonyl (C=O) groups excluding carboxylic acids is 1. The minimum Gasteiger partial charge on any atom is -0.494 e. The maximum absolute atomic E-state index is 12.6. The average Bonchev–Trinajstić information content (AvgIpc) is 2.81. The quantitative estimate of drug-likeness (QED) is 0.596. The van der Waals surface area contributed by atoms with Gasteiger partial charge in [0.1, 0.15) is 24.4 Å². The van der Waals surface area contributed by atoms with Crippen molar-refractivity contribution in [3.05, 3.63) is 65.6 Å². The lowest BCUT2D eigenvalue weighted by Crippen LogP contribution is -2.50. The number of aromatic nitrogens is 4. The second-order valence-corrected chi connectivity index (χ2v) is 7.13. The smallest absolute Gasteiger partial charge is 0.253 e. The molecule has 0 N–H and O–H groups in total. The van der Waals surface area contributed by atoms with Crippen molar-refractivity contribution in [1.29, 1.82) is 0 Å². The van der Waals surface area contributed by atoms with Gasteiger partial charge in [0, 0.05) is 50.1 Å². The first kappa shape index (κ1) is 20.5. The lowest BCUT2D eigenvalue weighted by Gasteiger charge is -2.35. The van der Waals surface area contributed by atoms with Gasteiger partial charge in [0.25, 0.3) is 5.56 Å². The van der Waals surface area contributed by atoms with E-state index in [1.807, 2.05) is 37.3 Å². The van der Waals surface area contributed by atoms with Crippen molar-refractivity contribution in [2.24, 2.45) is 0 Å². The monoisotopic (exact) mass is 420 g/mol. The zero-order valence-corrected chi connectivity index (χ0v) is 17.3. The molecule has 0 aliphatic carbocycles. The van der Waals surface area contributed by atoms with Crippen LogP contribution in [-0.4, -0.2) is 63.1 Å². The number of benzene rings is 1. The molecule has 1 saturated heterocycles. The fourth-order valence-corrected chi connectivity index (χ4v) is 3.49. The van der Waals surface area contributed by atoms with Crippen molar-refractivity contribution in [2.45, 2.75) is 13.5 Å². The summed E-state index contributed by atoms with van der Waals surface area (Å²) in [6.45, 7) is 5.04. The van der Waals surface area contributed by atoms with Gasteiger partial charge in [-0.1, -0.05) is 0 Å². The van der Waals surface area contributed by atoms with Crippen molar-refractivity contribution in [1.82, 2.24) is 24.4 Å². The van der Waals surface area contributed by atoms with Crippen LogP contribution in [0.1, 0.15) is 6.92 Å². The summed E-state index contributed by atoms with van der Waals surface area (Å²) in [5.41, 5.74) is 1.59. The summed E-state index contributed by atoms with van der Waals surface area (Å²) in [7, 11) is 0. The normalized spacial score (nSPS) is 13.8. The largest absolute Gasteiger partial charge is 0.494 e. The summed E-state index contributed by atoms with van der Waals surface area (Å²) in [6, 6.07) is 11.1. The fourth-order valence-electron chi connectivity index (χ4n) is 3.49. The maximum atomic E-state index is 12.6. The molecule has 1 aromatic carbocycles. The summed E-state index contributed by atoms with van der Waals surface area (Å²) < 4.78 is 6.82. The number of nitrogens with zero attached hydrogens (tertiary/aromatic N) is 6. The van der Waals surface area contributed by atoms with Crippen molar-refractivity contribution >= 4 is 11.7 Å². The lowest BCUT2D eigenvalue weighted by molar-refractivity contribution is -0.132. The average molecular weight is 420 g/mol. The molecule has 9 nitrogen and oxygen atoms in total. The number of hydrogen-bond acceptors (Lipinski definition) is 7. The van der Waals surface area contributed by atoms with Crippen LogP contribution in [0.15, 0.2) is 60.0 Å². The molecule has 0 spiro atoms. The topological polar surface area (TPSA) is 93.5 Å². The first-order chi connectivity index (χ1) is 15.1. The van der Waals surface area contributed by atoms with Crippen LogP contribution in [-0.2, 0) is 11.3 Å². The predicted octanol–water partition coefficient (Wildman–Crippen LogP) is 1.45. The number of carbonyl (C=O) groups is 1. The van der Waals surface area contributed by atoms with Crippen LogP contribution >= 0.6 is 0 Å². The highest BCUT2D eigenvalue weighted by Gasteiger charge is 2.22. The molecule has 0 unspecified atom stereocenters. The standard InChI is InChI=1S/C22H24N6O3/c1-2-31-18-5-3-17(4-6-18)19-13-20(25-15-24-19)26-9-11-27(12-10-26)22(30)14-28-16-23-8-7-21(28)29/h3-8,13,15-16H,2,9-12,14H2,1H3. The van der Waals surface area contributed by atoms with E-state index in [-0.39, 0.29) is 18.0 Å². The number of piperazine rings is 1. The molecule has 2 aromatic heterocycles. The van der Waals surface area contributed by atoms with Gasteiger partial charge in [-0.05, 0) is 31.2 Å². The van der Waals surface area contributed by atoms with Crippen LogP contribution in [0, 0.1) is 0 Å². The van der Waals surface area contributed by atoms with Crippen LogP contribution in [0.4, 0.5) is 5.82 Å². The number of rotatable bonds is 6. The van der Waals surface area contributed by atoms with Crippen molar-refractivity contribution in [3.8, 4) is 17.0 Å². The Labute approximate surface area is 180 Å². The molecule has 9 heteroatoms. The molecule has 0 saturated carbocycles. The molecule has 0 atom stereocenters. The first-order valence-corrected chi connectivity index (χ1v) is 10.2. The number of anilines is 1. The summed E-state index contributed by atoms with van der Waals surface area (Å²) >= 11 is 0. The Bertz CT molecular complexity index is 1090. The Morgan fingerprint density at radius 3 is 2.55 bits per heavy atom. The third-order valence-corrected chi connectivity index (χ3v) is 5.17. The molecule has 160 valence electrons. The Morgan fingerprint density at radius 1 is 1.06 bits per heavy atom. The molecule has 1 aliphatic rings. The van der Waals surface area contributed by atoms with E-state index in [9.17, 15) is 9.59 Å². The fraction of sp³-hybridized carbons (Fsp3) is 0.318. The molecule has 1 fully saturated rings. The highest BCUT2D eigenvalue weighted by atomic mass is 16.5. The van der Waals surface area contributed by atoms with Crippen LogP contribution in [0.5, 0.6) is 5.75 Å². The maximum Gasteiger partial charge on any atom is 0.253 e. The van der Waals surface area contributed by atoms with E-state index >= 15 is 0 Å². The van der Waals surface area contributed by atoms with Gasteiger partial charge in [-0.25, -0.2) is 15.0 Å². The van der Waals surface area contributed by atoms with E-state index in [1.54, 1.807) is 11.2 Å². The molecular formula is C22H24N6O3. The Hall–Kier alpha value is -3.75. The van der Waals surface area contributed by atoms with E-state index in [0.29, 0.717) is 32.8 Å². The molecule has 31 heavy (non-hydrogen) atoms. The molecule has 3 aromatic rings. The van der Waals surface area contributed by atoms with Gasteiger partial charge in [-0.15, -0.1) is 0 Å². The van der Waals surface area contributed by atoms with Gasteiger partial charge in [0.2, 0.25) is 5.91 Å². The van der Waals surface area contributed by atoms with E-state index in [4.69, 9.17) is 4.74 Å². The van der Waals surface area contributed by atoms with Gasteiger partial charge in [-0.3, -0.25) is 14.2 Å². The van der Waals surface area contributed by atoms with Crippen LogP contribution in [0.3, 0.4) is 0 Å². The third kappa shape index (κ3) is 4.88. The Morgan fingerprint density at radius 2 is 1.84 bits per heavy atom. The summed E-state index contributed by atoms with van der Waals surface area (Å²) in [6.07, 6.45) is 4.37. The van der Waals surface area contributed by atoms with E-state index < -0.39 is 0 Å². The van der Waals surface area contributed by atoms with E-state index in [1.165, 1.54) is 23.2 Å². The summed E-state index contributed by atoms with van der Waals surface area (Å²) in [5.74, 6) is 1.57. The molecule has 0 radical (unpaired) electrons. The number of ether oxygens (including phenoxy) is 1. The zero-order chi connectivity index (χ0) is 21.6. The number of hydrogen-bond donors (Lipinski definition) is 0. The second kappa shape index (κ2) is 9.38. The van der Waals surface area contributed by atoms with Gasteiger partial charge in [-0.2, -0.15) is 0 Å². The van der Waals surface area contributed by atoms with Crippen LogP contribution < -0.4 is 15.2 Å². The first-order valence-electron chi connectivity index (χ1n) is 10.2. The van der Waals surface area contributed by atoms with Crippen molar-refractivity contribution in [2.75, 3.05) is 37.7 Å². The second-order valence-electron chi connectivity index (χ2n) is 7.13. The third-order valence-electron chi connectivity index (χ3n) is 5.17. The molecule has 3 heterocycles. The van der Waals surface area contributed by atoms with Crippen molar-refractivity contribution in [3.63, 3.8) is 0 Å². The van der Waals surface area contributed by atoms with Gasteiger partial charge < -0.3 is 14.5 Å². The Balaban J connectivity index is 1.38. The SMILES string of the molecule is CCOc1ccc(-c2cc(N3CCN(C(=O)Cn4cnccc4=O)CC3)ncn2)cc1. The van der Waals surface area contributed by atoms with Gasteiger partial charge >= 0.3 is 0 Å². The summed E-state index contributed by atoms with van der Waals surface area (Å²) in [4.78, 5) is 41.0. The lowest BCUT2D eigenvalue weighted by atomic mass is 10.1. The molecule has 1 aliphatic heterocycles. The van der Waals surface area contributed by atoms with Crippen LogP contribution in [0.2, 0.25) is 0 Å². The molecule has 1 amide bonds. The zero-order valence-electron chi connectivity index (χ0n) is 17.3. The predicted molar refractivity (Wildman–Crippen MR) is 116 cm³/mol. The van der Waals surface area contributed by atoms with E-state index in [0.717, 1.165) is 22.8 Å². The van der Waals surface area contributed by atoms with E-state index in [2.05, 4.69) is 19.9 Å². The highest BCUT2D eigenvalue weighted by Crippen LogP contribution is 2.24. The summed E-state index contributed by atoms with van der Waals surface area (Å²) in [5, 5.41) is 0. The van der Waals surface area contributed by atoms with Crippen LogP contribution in [0.25, 0.3) is 11.3 Å². The molecule has 4 rings (SSSR count). The molecular weight excluding hydrogens is 396 g/mol. The highest BCUT2D eigenvalue weighted by molar-refractivity contribution is 5.76. The molecule has 0 bridgehead atoms. The van der Waals surface area contributed by atoms with Gasteiger partial charge in [0.05, 0.1) is 18.6 Å². The minimum absolute atomic E-state index is 0.00205. The van der Waals surface area contributed by atoms with Gasteiger partial charge in [0.15, 0.2) is 0 Å². The van der Waals surface area contributed by atoms with Crippen molar-refractivity contribution < 1.29 is 9.53 Å².